The summed E-state index contributed by atoms with van der Waals surface area (Å²) in [5.74, 6) is -0.895. The number of carbonyl (C=O) groups excluding carboxylic acids is 1. The van der Waals surface area contributed by atoms with Crippen LogP contribution in [0, 0.1) is 0 Å². The van der Waals surface area contributed by atoms with Gasteiger partial charge in [0.05, 0.1) is 19.1 Å². The predicted octanol–water partition coefficient (Wildman–Crippen LogP) is -0.499. The van der Waals surface area contributed by atoms with Gasteiger partial charge in [0.2, 0.25) is 0 Å². The zero-order valence-corrected chi connectivity index (χ0v) is 8.02. The van der Waals surface area contributed by atoms with E-state index in [1.54, 1.807) is 7.11 Å². The van der Waals surface area contributed by atoms with Crippen LogP contribution in [0.1, 0.15) is 6.42 Å². The topological polar surface area (TPSA) is 78.9 Å². The van der Waals surface area contributed by atoms with E-state index in [0.29, 0.717) is 19.7 Å². The molecule has 0 aromatic carbocycles. The third kappa shape index (κ3) is 2.59. The number of carboxylic acids is 1. The number of amides is 2. The first-order valence-electron chi connectivity index (χ1n) is 4.40. The highest BCUT2D eigenvalue weighted by atomic mass is 16.5. The zero-order chi connectivity index (χ0) is 10.6. The highest BCUT2D eigenvalue weighted by Crippen LogP contribution is 2.10. The molecule has 1 saturated heterocycles. The van der Waals surface area contributed by atoms with Gasteiger partial charge in [0.25, 0.3) is 0 Å². The van der Waals surface area contributed by atoms with Gasteiger partial charge in [-0.25, -0.2) is 4.79 Å². The Morgan fingerprint density at radius 3 is 3.07 bits per heavy atom. The van der Waals surface area contributed by atoms with Crippen LogP contribution in [0.5, 0.6) is 0 Å². The quantitative estimate of drug-likeness (QED) is 0.630. The summed E-state index contributed by atoms with van der Waals surface area (Å²) in [4.78, 5) is 23.2. The minimum Gasteiger partial charge on any atom is -0.481 e. The summed E-state index contributed by atoms with van der Waals surface area (Å²) in [7, 11) is 1.54. The first-order valence-corrected chi connectivity index (χ1v) is 4.40. The van der Waals surface area contributed by atoms with E-state index in [1.165, 1.54) is 4.90 Å². The standard InChI is InChI=1S/C8H14N2O4/c1-14-3-2-10-6(4-7(11)12)5-9-8(10)13/h6H,2-5H2,1H3,(H,9,13)(H,11,12). The molecule has 14 heavy (non-hydrogen) atoms. The highest BCUT2D eigenvalue weighted by Gasteiger charge is 2.31. The molecule has 0 aliphatic carbocycles. The van der Waals surface area contributed by atoms with Gasteiger partial charge in [-0.1, -0.05) is 0 Å². The number of aliphatic carboxylic acids is 1. The fourth-order valence-corrected chi connectivity index (χ4v) is 1.44. The lowest BCUT2D eigenvalue weighted by molar-refractivity contribution is -0.137. The molecule has 0 aromatic heterocycles. The number of methoxy groups -OCH3 is 1. The summed E-state index contributed by atoms with van der Waals surface area (Å²) < 4.78 is 4.84. The molecule has 0 bridgehead atoms. The summed E-state index contributed by atoms with van der Waals surface area (Å²) in [5.41, 5.74) is 0. The van der Waals surface area contributed by atoms with Crippen LogP contribution in [-0.2, 0) is 9.53 Å². The number of nitrogens with zero attached hydrogens (tertiary/aromatic N) is 1. The Hall–Kier alpha value is -1.30. The van der Waals surface area contributed by atoms with Crippen LogP contribution < -0.4 is 5.32 Å². The number of carboxylic acid groups (broad SMARTS) is 1. The molecule has 80 valence electrons. The van der Waals surface area contributed by atoms with Crippen LogP contribution >= 0.6 is 0 Å². The monoisotopic (exact) mass is 202 g/mol. The maximum atomic E-state index is 11.2. The molecule has 1 aliphatic rings. The smallest absolute Gasteiger partial charge is 0.317 e. The van der Waals surface area contributed by atoms with Gasteiger partial charge < -0.3 is 20.1 Å². The van der Waals surface area contributed by atoms with Crippen molar-refractivity contribution in [2.24, 2.45) is 0 Å². The van der Waals surface area contributed by atoms with Crippen LogP contribution in [0.2, 0.25) is 0 Å². The van der Waals surface area contributed by atoms with E-state index in [9.17, 15) is 9.59 Å². The maximum absolute atomic E-state index is 11.2. The molecule has 6 nitrogen and oxygen atoms in total. The number of hydrogen-bond donors (Lipinski definition) is 2. The number of ether oxygens (including phenoxy) is 1. The average molecular weight is 202 g/mol. The Bertz CT molecular complexity index is 231. The molecule has 1 unspecified atom stereocenters. The lowest BCUT2D eigenvalue weighted by Crippen LogP contribution is -2.37. The fraction of sp³-hybridized carbons (Fsp3) is 0.750. The second kappa shape index (κ2) is 4.80. The van der Waals surface area contributed by atoms with Gasteiger partial charge in [-0.2, -0.15) is 0 Å². The summed E-state index contributed by atoms with van der Waals surface area (Å²) in [5, 5.41) is 11.2. The number of rotatable bonds is 5. The van der Waals surface area contributed by atoms with Gasteiger partial charge in [0.15, 0.2) is 0 Å². The SMILES string of the molecule is COCCN1C(=O)NCC1CC(=O)O. The van der Waals surface area contributed by atoms with E-state index in [-0.39, 0.29) is 18.5 Å². The molecular formula is C8H14N2O4. The second-order valence-corrected chi connectivity index (χ2v) is 3.12. The molecule has 0 spiro atoms. The largest absolute Gasteiger partial charge is 0.481 e. The summed E-state index contributed by atoms with van der Waals surface area (Å²) in [6.45, 7) is 1.25. The normalized spacial score (nSPS) is 21.1. The van der Waals surface area contributed by atoms with E-state index >= 15 is 0 Å². The van der Waals surface area contributed by atoms with Crippen molar-refractivity contribution >= 4 is 12.0 Å². The molecular weight excluding hydrogens is 188 g/mol. The Balaban J connectivity index is 2.48. The van der Waals surface area contributed by atoms with Gasteiger partial charge in [0, 0.05) is 20.2 Å². The van der Waals surface area contributed by atoms with Crippen LogP contribution in [0.4, 0.5) is 4.79 Å². The van der Waals surface area contributed by atoms with E-state index < -0.39 is 5.97 Å². The molecule has 2 amide bonds. The van der Waals surface area contributed by atoms with Crippen molar-refractivity contribution in [3.63, 3.8) is 0 Å². The lowest BCUT2D eigenvalue weighted by Gasteiger charge is -2.20. The third-order valence-electron chi connectivity index (χ3n) is 2.14. The van der Waals surface area contributed by atoms with E-state index in [4.69, 9.17) is 9.84 Å². The summed E-state index contributed by atoms with van der Waals surface area (Å²) in [6.07, 6.45) is -0.0253. The Morgan fingerprint density at radius 1 is 1.79 bits per heavy atom. The van der Waals surface area contributed by atoms with Crippen LogP contribution in [-0.4, -0.2) is 54.9 Å². The van der Waals surface area contributed by atoms with Crippen molar-refractivity contribution in [1.82, 2.24) is 10.2 Å². The Labute approximate surface area is 81.8 Å². The molecule has 1 fully saturated rings. The minimum atomic E-state index is -0.895. The van der Waals surface area contributed by atoms with E-state index in [0.717, 1.165) is 0 Å². The van der Waals surface area contributed by atoms with Gasteiger partial charge in [-0.05, 0) is 0 Å². The number of carbonyl (C=O) groups is 2. The van der Waals surface area contributed by atoms with Crippen LogP contribution in [0.15, 0.2) is 0 Å². The molecule has 1 aliphatic heterocycles. The molecule has 6 heteroatoms. The van der Waals surface area contributed by atoms with E-state index in [1.807, 2.05) is 0 Å². The summed E-state index contributed by atoms with van der Waals surface area (Å²) >= 11 is 0. The third-order valence-corrected chi connectivity index (χ3v) is 2.14. The van der Waals surface area contributed by atoms with Gasteiger partial charge in [-0.3, -0.25) is 4.79 Å². The average Bonchev–Trinajstić information content (AvgIpc) is 2.44. The number of hydrogen-bond acceptors (Lipinski definition) is 3. The fourth-order valence-electron chi connectivity index (χ4n) is 1.44. The molecule has 2 N–H and O–H groups in total. The molecule has 1 atom stereocenters. The minimum absolute atomic E-state index is 0.0253. The first-order chi connectivity index (χ1) is 6.65. The van der Waals surface area contributed by atoms with Crippen molar-refractivity contribution in [1.29, 1.82) is 0 Å². The lowest BCUT2D eigenvalue weighted by atomic mass is 10.2. The molecule has 0 aromatic rings. The molecule has 0 radical (unpaired) electrons. The highest BCUT2D eigenvalue weighted by molar-refractivity contribution is 5.78. The number of nitrogens with one attached hydrogen (secondary N) is 1. The predicted molar refractivity (Wildman–Crippen MR) is 48.0 cm³/mol. The van der Waals surface area contributed by atoms with Crippen molar-refractivity contribution in [2.75, 3.05) is 26.8 Å². The Kier molecular flexibility index (Phi) is 3.70. The van der Waals surface area contributed by atoms with Crippen molar-refractivity contribution in [3.8, 4) is 0 Å². The van der Waals surface area contributed by atoms with Crippen LogP contribution in [0.25, 0.3) is 0 Å². The molecule has 1 rings (SSSR count). The molecule has 1 heterocycles. The van der Waals surface area contributed by atoms with Crippen molar-refractivity contribution < 1.29 is 19.4 Å². The van der Waals surface area contributed by atoms with Crippen molar-refractivity contribution in [2.45, 2.75) is 12.5 Å². The van der Waals surface area contributed by atoms with Crippen molar-refractivity contribution in [3.05, 3.63) is 0 Å². The van der Waals surface area contributed by atoms with Crippen LogP contribution in [0.3, 0.4) is 0 Å². The maximum Gasteiger partial charge on any atom is 0.317 e. The Morgan fingerprint density at radius 2 is 2.50 bits per heavy atom. The first kappa shape index (κ1) is 10.8. The van der Waals surface area contributed by atoms with Gasteiger partial charge in [-0.15, -0.1) is 0 Å². The number of urea groups is 1. The van der Waals surface area contributed by atoms with Gasteiger partial charge >= 0.3 is 12.0 Å². The molecule has 0 saturated carbocycles. The second-order valence-electron chi connectivity index (χ2n) is 3.12. The zero-order valence-electron chi connectivity index (χ0n) is 8.02. The van der Waals surface area contributed by atoms with Gasteiger partial charge in [0.1, 0.15) is 0 Å². The summed E-state index contributed by atoms with van der Waals surface area (Å²) in [6, 6.07) is -0.469. The van der Waals surface area contributed by atoms with E-state index in [2.05, 4.69) is 5.32 Å².